The maximum atomic E-state index is 13.4. The number of aliphatic hydroxyl groups is 1. The minimum absolute atomic E-state index is 0.0133. The Morgan fingerprint density at radius 2 is 1.82 bits per heavy atom. The molecule has 10 nitrogen and oxygen atoms in total. The smallest absolute Gasteiger partial charge is 0.336 e. The molecular weight excluding hydrogens is 561 g/mol. The van der Waals surface area contributed by atoms with Gasteiger partial charge < -0.3 is 34.7 Å². The van der Waals surface area contributed by atoms with Crippen LogP contribution in [0.1, 0.15) is 27.2 Å². The van der Waals surface area contributed by atoms with Crippen LogP contribution in [0.25, 0.3) is 0 Å². The number of ether oxygens (including phenoxy) is 4. The number of nitrogens with zero attached hydrogens (tertiary/aromatic N) is 1. The van der Waals surface area contributed by atoms with Crippen LogP contribution in [0.3, 0.4) is 0 Å². The molecule has 0 aliphatic carbocycles. The zero-order valence-electron chi connectivity index (χ0n) is 23.3. The lowest BCUT2D eigenvalue weighted by Crippen LogP contribution is -2.46. The number of hydrogen-bond acceptors (Lipinski definition) is 10. The molecule has 40 heavy (non-hydrogen) atoms. The predicted octanol–water partition coefficient (Wildman–Crippen LogP) is 2.92. The largest absolute Gasteiger partial charge is 0.493 e. The zero-order valence-corrected chi connectivity index (χ0v) is 24.8. The summed E-state index contributed by atoms with van der Waals surface area (Å²) in [4.78, 5) is 28.6. The number of benzene rings is 1. The second kappa shape index (κ2) is 16.2. The minimum atomic E-state index is -0.525. The summed E-state index contributed by atoms with van der Waals surface area (Å²) in [6, 6.07) is 5.00. The second-order valence-electron chi connectivity index (χ2n) is 9.71. The van der Waals surface area contributed by atoms with Gasteiger partial charge in [0.15, 0.2) is 0 Å². The number of rotatable bonds is 14. The summed E-state index contributed by atoms with van der Waals surface area (Å²) < 4.78 is 22.5. The fraction of sp³-hybridized carbons (Fsp3) is 0.571. The molecule has 0 bridgehead atoms. The van der Waals surface area contributed by atoms with Crippen LogP contribution in [0.2, 0.25) is 10.0 Å². The van der Waals surface area contributed by atoms with Gasteiger partial charge in [-0.15, -0.1) is 0 Å². The van der Waals surface area contributed by atoms with E-state index in [9.17, 15) is 9.59 Å². The van der Waals surface area contributed by atoms with Gasteiger partial charge >= 0.3 is 11.9 Å². The van der Waals surface area contributed by atoms with E-state index < -0.39 is 24.0 Å². The molecule has 0 aromatic heterocycles. The van der Waals surface area contributed by atoms with Crippen molar-refractivity contribution in [1.82, 2.24) is 15.5 Å². The van der Waals surface area contributed by atoms with Gasteiger partial charge in [-0.2, -0.15) is 0 Å². The van der Waals surface area contributed by atoms with E-state index in [2.05, 4.69) is 15.5 Å². The van der Waals surface area contributed by atoms with Gasteiger partial charge in [0.05, 0.1) is 54.2 Å². The Morgan fingerprint density at radius 3 is 2.50 bits per heavy atom. The van der Waals surface area contributed by atoms with Crippen molar-refractivity contribution in [2.45, 2.75) is 33.3 Å². The molecule has 3 rings (SSSR count). The number of morpholine rings is 1. The topological polar surface area (TPSA) is 119 Å². The van der Waals surface area contributed by atoms with Crippen LogP contribution in [0.4, 0.5) is 0 Å². The number of allylic oxidation sites excluding steroid dienone is 2. The monoisotopic (exact) mass is 599 g/mol. The van der Waals surface area contributed by atoms with Gasteiger partial charge in [0.25, 0.3) is 0 Å². The van der Waals surface area contributed by atoms with Gasteiger partial charge in [0, 0.05) is 62.5 Å². The number of halogens is 2. The molecule has 1 aromatic rings. The lowest BCUT2D eigenvalue weighted by Gasteiger charge is -2.32. The highest BCUT2D eigenvalue weighted by Gasteiger charge is 2.35. The summed E-state index contributed by atoms with van der Waals surface area (Å²) in [5.74, 6) is -0.941. The van der Waals surface area contributed by atoms with Crippen molar-refractivity contribution >= 4 is 35.1 Å². The summed E-state index contributed by atoms with van der Waals surface area (Å²) in [5.41, 5.74) is 2.03. The van der Waals surface area contributed by atoms with E-state index in [4.69, 9.17) is 47.3 Å². The maximum Gasteiger partial charge on any atom is 0.336 e. The van der Waals surface area contributed by atoms with Gasteiger partial charge in [0.1, 0.15) is 11.9 Å². The second-order valence-corrected chi connectivity index (χ2v) is 10.5. The molecule has 12 heteroatoms. The maximum absolute atomic E-state index is 13.4. The van der Waals surface area contributed by atoms with Gasteiger partial charge in [-0.3, -0.25) is 4.90 Å². The fourth-order valence-corrected chi connectivity index (χ4v) is 4.99. The fourth-order valence-electron chi connectivity index (χ4n) is 4.70. The first-order valence-corrected chi connectivity index (χ1v) is 14.2. The summed E-state index contributed by atoms with van der Waals surface area (Å²) in [5, 5.41) is 16.3. The first-order chi connectivity index (χ1) is 19.2. The Kier molecular flexibility index (Phi) is 13.0. The third kappa shape index (κ3) is 9.36. The van der Waals surface area contributed by atoms with E-state index in [-0.39, 0.29) is 13.2 Å². The molecular formula is C28H39Cl2N3O7. The van der Waals surface area contributed by atoms with E-state index in [1.807, 2.05) is 0 Å². The van der Waals surface area contributed by atoms with Gasteiger partial charge in [-0.05, 0) is 26.0 Å². The molecule has 0 radical (unpaired) electrons. The highest BCUT2D eigenvalue weighted by atomic mass is 35.5. The Morgan fingerprint density at radius 1 is 1.12 bits per heavy atom. The lowest BCUT2D eigenvalue weighted by atomic mass is 9.87. The van der Waals surface area contributed by atoms with Crippen molar-refractivity contribution in [3.8, 4) is 5.75 Å². The number of dihydropyridines is 1. The van der Waals surface area contributed by atoms with Gasteiger partial charge in [0.2, 0.25) is 0 Å². The van der Waals surface area contributed by atoms with Crippen LogP contribution in [0.5, 0.6) is 5.75 Å². The van der Waals surface area contributed by atoms with Gasteiger partial charge in [-0.1, -0.05) is 30.1 Å². The van der Waals surface area contributed by atoms with E-state index in [0.717, 1.165) is 13.1 Å². The van der Waals surface area contributed by atoms with Crippen LogP contribution in [0.15, 0.2) is 40.7 Å². The Bertz CT molecular complexity index is 1090. The van der Waals surface area contributed by atoms with Crippen LogP contribution in [0, 0.1) is 5.92 Å². The molecule has 0 amide bonds. The van der Waals surface area contributed by atoms with Crippen molar-refractivity contribution in [3.05, 3.63) is 50.8 Å². The summed E-state index contributed by atoms with van der Waals surface area (Å²) in [6.45, 7) is 9.93. The number of hydrogen-bond donors (Lipinski definition) is 3. The highest BCUT2D eigenvalue weighted by molar-refractivity contribution is 6.42. The molecule has 0 spiro atoms. The molecule has 2 heterocycles. The van der Waals surface area contributed by atoms with Crippen molar-refractivity contribution in [2.75, 3.05) is 65.8 Å². The van der Waals surface area contributed by atoms with Crippen molar-refractivity contribution < 1.29 is 33.6 Å². The lowest BCUT2D eigenvalue weighted by molar-refractivity contribution is -0.146. The van der Waals surface area contributed by atoms with Gasteiger partial charge in [-0.25, -0.2) is 9.59 Å². The Hall–Kier alpha value is -2.34. The molecule has 2 aliphatic heterocycles. The average molecular weight is 601 g/mol. The molecule has 1 saturated heterocycles. The average Bonchev–Trinajstić information content (AvgIpc) is 2.90. The molecule has 2 atom stereocenters. The molecule has 2 unspecified atom stereocenters. The molecule has 222 valence electrons. The number of aliphatic hydroxyl groups excluding tert-OH is 1. The molecule has 1 aromatic carbocycles. The van der Waals surface area contributed by atoms with Crippen molar-refractivity contribution in [3.63, 3.8) is 0 Å². The van der Waals surface area contributed by atoms with E-state index in [1.54, 1.807) is 39.0 Å². The van der Waals surface area contributed by atoms with E-state index in [0.29, 0.717) is 84.2 Å². The number of carbonyl (C=O) groups excluding carboxylic acids is 2. The van der Waals surface area contributed by atoms with Crippen LogP contribution in [-0.4, -0.2) is 93.8 Å². The SMILES string of the molecule is CC1=C(C(=O)OCCCOc2ccc(Cl)c(Cl)c2)C(C)C(C(=O)OC(CNCCO)CN2CCOCC2)=C(C)N1. The molecule has 1 fully saturated rings. The molecule has 2 aliphatic rings. The minimum Gasteiger partial charge on any atom is -0.493 e. The number of esters is 2. The third-order valence-electron chi connectivity index (χ3n) is 6.67. The molecule has 0 saturated carbocycles. The highest BCUT2D eigenvalue weighted by Crippen LogP contribution is 2.31. The Balaban J connectivity index is 1.56. The summed E-state index contributed by atoms with van der Waals surface area (Å²) >= 11 is 11.9. The van der Waals surface area contributed by atoms with Crippen molar-refractivity contribution in [2.24, 2.45) is 5.92 Å². The van der Waals surface area contributed by atoms with Crippen LogP contribution in [-0.2, 0) is 23.8 Å². The van der Waals surface area contributed by atoms with Crippen LogP contribution < -0.4 is 15.4 Å². The quantitative estimate of drug-likeness (QED) is 0.217. The van der Waals surface area contributed by atoms with Crippen LogP contribution >= 0.6 is 23.2 Å². The first kappa shape index (κ1) is 32.2. The normalized spacial score (nSPS) is 18.8. The molecule has 3 N–H and O–H groups in total. The summed E-state index contributed by atoms with van der Waals surface area (Å²) in [6.07, 6.45) is 0.0242. The number of nitrogens with one attached hydrogen (secondary N) is 2. The standard InChI is InChI=1S/C28H39Cl2N3O7/c1-18-25(27(35)39-12-4-11-38-21-5-6-23(29)24(30)15-21)19(2)32-20(3)26(18)28(36)40-22(16-31-7-10-34)17-33-8-13-37-14-9-33/h5-6,15,18,22,31-32,34H,4,7-14,16-17H2,1-3H3. The predicted molar refractivity (Wildman–Crippen MR) is 152 cm³/mol. The zero-order chi connectivity index (χ0) is 29.1. The van der Waals surface area contributed by atoms with Crippen molar-refractivity contribution in [1.29, 1.82) is 0 Å². The third-order valence-corrected chi connectivity index (χ3v) is 7.41. The first-order valence-electron chi connectivity index (χ1n) is 13.5. The summed E-state index contributed by atoms with van der Waals surface area (Å²) in [7, 11) is 0. The van der Waals surface area contributed by atoms with E-state index in [1.165, 1.54) is 0 Å². The number of carbonyl (C=O) groups is 2. The van der Waals surface area contributed by atoms with E-state index >= 15 is 0 Å². The Labute approximate surface area is 245 Å².